The van der Waals surface area contributed by atoms with E-state index in [-0.39, 0.29) is 19.1 Å². The second kappa shape index (κ2) is 8.72. The molecule has 126 valence electrons. The summed E-state index contributed by atoms with van der Waals surface area (Å²) in [5.41, 5.74) is 2.95. The van der Waals surface area contributed by atoms with Crippen LogP contribution in [0.5, 0.6) is 5.75 Å². The smallest absolute Gasteiger partial charge is 0.344 e. The van der Waals surface area contributed by atoms with Crippen LogP contribution in [-0.4, -0.2) is 25.1 Å². The minimum absolute atomic E-state index is 0.233. The van der Waals surface area contributed by atoms with E-state index >= 15 is 0 Å². The van der Waals surface area contributed by atoms with Crippen molar-refractivity contribution in [2.75, 3.05) is 18.5 Å². The molecule has 1 amide bonds. The predicted octanol–water partition coefficient (Wildman–Crippen LogP) is 3.12. The van der Waals surface area contributed by atoms with E-state index in [0.717, 1.165) is 12.0 Å². The Balaban J connectivity index is 1.70. The minimum Gasteiger partial charge on any atom is -0.482 e. The fourth-order valence-electron chi connectivity index (χ4n) is 1.99. The molecule has 24 heavy (non-hydrogen) atoms. The van der Waals surface area contributed by atoms with Crippen LogP contribution in [0.2, 0.25) is 0 Å². The second-order valence-corrected chi connectivity index (χ2v) is 5.36. The lowest BCUT2D eigenvalue weighted by Crippen LogP contribution is -2.23. The molecule has 0 aliphatic rings. The van der Waals surface area contributed by atoms with Crippen molar-refractivity contribution in [3.63, 3.8) is 0 Å². The normalized spacial score (nSPS) is 10.1. The SMILES string of the molecule is CCc1ccc(OCC(=O)OCC(=O)Nc2ccc(C)cc2)cc1. The number of hydrogen-bond donors (Lipinski definition) is 1. The van der Waals surface area contributed by atoms with E-state index in [9.17, 15) is 9.59 Å². The fourth-order valence-corrected chi connectivity index (χ4v) is 1.99. The molecule has 0 atom stereocenters. The number of anilines is 1. The summed E-state index contributed by atoms with van der Waals surface area (Å²) in [4.78, 5) is 23.3. The van der Waals surface area contributed by atoms with Gasteiger partial charge in [-0.25, -0.2) is 4.79 Å². The lowest BCUT2D eigenvalue weighted by molar-refractivity contribution is -0.149. The maximum atomic E-state index is 11.7. The molecule has 0 aliphatic heterocycles. The van der Waals surface area contributed by atoms with Crippen molar-refractivity contribution in [3.8, 4) is 5.75 Å². The number of esters is 1. The van der Waals surface area contributed by atoms with Crippen LogP contribution in [0.3, 0.4) is 0 Å². The van der Waals surface area contributed by atoms with Gasteiger partial charge in [-0.1, -0.05) is 36.8 Å². The molecule has 0 aromatic heterocycles. The molecule has 0 heterocycles. The first kappa shape index (κ1) is 17.5. The van der Waals surface area contributed by atoms with Gasteiger partial charge in [-0.3, -0.25) is 4.79 Å². The Hall–Kier alpha value is -2.82. The quantitative estimate of drug-likeness (QED) is 0.794. The summed E-state index contributed by atoms with van der Waals surface area (Å²) in [6, 6.07) is 14.8. The highest BCUT2D eigenvalue weighted by Crippen LogP contribution is 2.12. The lowest BCUT2D eigenvalue weighted by Gasteiger charge is -2.08. The standard InChI is InChI=1S/C19H21NO4/c1-3-15-6-10-17(11-7-15)23-13-19(22)24-12-18(21)20-16-8-4-14(2)5-9-16/h4-11H,3,12-13H2,1-2H3,(H,20,21). The van der Waals surface area contributed by atoms with Crippen LogP contribution in [0.4, 0.5) is 5.69 Å². The summed E-state index contributed by atoms with van der Waals surface area (Å²) in [6.45, 7) is 3.45. The van der Waals surface area contributed by atoms with Crippen LogP contribution in [0.15, 0.2) is 48.5 Å². The van der Waals surface area contributed by atoms with Crippen LogP contribution in [0.25, 0.3) is 0 Å². The number of hydrogen-bond acceptors (Lipinski definition) is 4. The summed E-state index contributed by atoms with van der Waals surface area (Å²) in [5.74, 6) is -0.388. The number of carbonyl (C=O) groups excluding carboxylic acids is 2. The van der Waals surface area contributed by atoms with E-state index < -0.39 is 5.97 Å². The van der Waals surface area contributed by atoms with Crippen molar-refractivity contribution in [3.05, 3.63) is 59.7 Å². The number of carbonyl (C=O) groups is 2. The van der Waals surface area contributed by atoms with Gasteiger partial charge in [0.1, 0.15) is 5.75 Å². The van der Waals surface area contributed by atoms with E-state index in [1.165, 1.54) is 5.56 Å². The third-order valence-corrected chi connectivity index (χ3v) is 3.39. The van der Waals surface area contributed by atoms with E-state index in [2.05, 4.69) is 12.2 Å². The summed E-state index contributed by atoms with van der Waals surface area (Å²) in [6.07, 6.45) is 0.943. The van der Waals surface area contributed by atoms with Crippen molar-refractivity contribution >= 4 is 17.6 Å². The number of rotatable bonds is 7. The van der Waals surface area contributed by atoms with E-state index in [1.807, 2.05) is 31.2 Å². The molecule has 0 aliphatic carbocycles. The Kier molecular flexibility index (Phi) is 6.37. The maximum Gasteiger partial charge on any atom is 0.344 e. The van der Waals surface area contributed by atoms with E-state index in [4.69, 9.17) is 9.47 Å². The largest absolute Gasteiger partial charge is 0.482 e. The number of nitrogens with one attached hydrogen (secondary N) is 1. The van der Waals surface area contributed by atoms with Crippen molar-refractivity contribution < 1.29 is 19.1 Å². The third kappa shape index (κ3) is 5.76. The summed E-state index contributed by atoms with van der Waals surface area (Å²) in [7, 11) is 0. The molecule has 2 rings (SSSR count). The minimum atomic E-state index is -0.589. The molecule has 0 saturated carbocycles. The zero-order valence-electron chi connectivity index (χ0n) is 13.9. The van der Waals surface area contributed by atoms with Crippen LogP contribution in [0.1, 0.15) is 18.1 Å². The molecule has 0 radical (unpaired) electrons. The van der Waals surface area contributed by atoms with Crippen molar-refractivity contribution in [2.45, 2.75) is 20.3 Å². The molecule has 2 aromatic rings. The number of amides is 1. The fraction of sp³-hybridized carbons (Fsp3) is 0.263. The summed E-state index contributed by atoms with van der Waals surface area (Å²) < 4.78 is 10.2. The zero-order chi connectivity index (χ0) is 17.4. The summed E-state index contributed by atoms with van der Waals surface area (Å²) in [5, 5.41) is 2.65. The van der Waals surface area contributed by atoms with Gasteiger partial charge in [0.15, 0.2) is 13.2 Å². The van der Waals surface area contributed by atoms with Gasteiger partial charge in [0.2, 0.25) is 0 Å². The number of ether oxygens (including phenoxy) is 2. The molecule has 0 spiro atoms. The predicted molar refractivity (Wildman–Crippen MR) is 92.1 cm³/mol. The average Bonchev–Trinajstić information content (AvgIpc) is 2.60. The van der Waals surface area contributed by atoms with Gasteiger partial charge in [-0.2, -0.15) is 0 Å². The van der Waals surface area contributed by atoms with Gasteiger partial charge in [0, 0.05) is 5.69 Å². The first-order chi connectivity index (χ1) is 11.6. The van der Waals surface area contributed by atoms with Gasteiger partial charge in [-0.05, 0) is 43.2 Å². The average molecular weight is 327 g/mol. The van der Waals surface area contributed by atoms with Gasteiger partial charge < -0.3 is 14.8 Å². The topological polar surface area (TPSA) is 64.6 Å². The molecule has 2 aromatic carbocycles. The highest BCUT2D eigenvalue weighted by molar-refractivity contribution is 5.92. The van der Waals surface area contributed by atoms with E-state index in [0.29, 0.717) is 11.4 Å². The van der Waals surface area contributed by atoms with Crippen LogP contribution >= 0.6 is 0 Å². The molecule has 0 saturated heterocycles. The van der Waals surface area contributed by atoms with Crippen LogP contribution < -0.4 is 10.1 Å². The Bertz CT molecular complexity index is 678. The zero-order valence-corrected chi connectivity index (χ0v) is 13.9. The molecule has 0 bridgehead atoms. The summed E-state index contributed by atoms with van der Waals surface area (Å²) >= 11 is 0. The highest BCUT2D eigenvalue weighted by atomic mass is 16.6. The first-order valence-corrected chi connectivity index (χ1v) is 7.80. The molecule has 5 nitrogen and oxygen atoms in total. The second-order valence-electron chi connectivity index (χ2n) is 5.36. The molecular weight excluding hydrogens is 306 g/mol. The lowest BCUT2D eigenvalue weighted by atomic mass is 10.2. The van der Waals surface area contributed by atoms with Gasteiger partial charge in [0.05, 0.1) is 0 Å². The highest BCUT2D eigenvalue weighted by Gasteiger charge is 2.09. The molecule has 0 fully saturated rings. The molecule has 5 heteroatoms. The third-order valence-electron chi connectivity index (χ3n) is 3.39. The van der Waals surface area contributed by atoms with Gasteiger partial charge in [0.25, 0.3) is 5.91 Å². The molecular formula is C19H21NO4. The van der Waals surface area contributed by atoms with Gasteiger partial charge in [-0.15, -0.1) is 0 Å². The van der Waals surface area contributed by atoms with Crippen molar-refractivity contribution in [1.82, 2.24) is 0 Å². The van der Waals surface area contributed by atoms with Crippen molar-refractivity contribution in [1.29, 1.82) is 0 Å². The maximum absolute atomic E-state index is 11.7. The Morgan fingerprint density at radius 2 is 1.62 bits per heavy atom. The molecule has 0 unspecified atom stereocenters. The van der Waals surface area contributed by atoms with Crippen LogP contribution in [-0.2, 0) is 20.7 Å². The monoisotopic (exact) mass is 327 g/mol. The Morgan fingerprint density at radius 1 is 0.958 bits per heavy atom. The Morgan fingerprint density at radius 3 is 2.25 bits per heavy atom. The van der Waals surface area contributed by atoms with Crippen LogP contribution in [0, 0.1) is 6.92 Å². The van der Waals surface area contributed by atoms with Crippen molar-refractivity contribution in [2.24, 2.45) is 0 Å². The van der Waals surface area contributed by atoms with Gasteiger partial charge >= 0.3 is 5.97 Å². The Labute approximate surface area is 141 Å². The van der Waals surface area contributed by atoms with E-state index in [1.54, 1.807) is 24.3 Å². The molecule has 1 N–H and O–H groups in total. The first-order valence-electron chi connectivity index (χ1n) is 7.80. The number of benzene rings is 2. The number of aryl methyl sites for hydroxylation is 2.